The van der Waals surface area contributed by atoms with Crippen LogP contribution in [0.25, 0.3) is 0 Å². The standard InChI is InChI=1S/C10H13ClN2O2/c11-9-4-3-8(15-9)10(13-12)7-2-1-5-14-6-7/h3-4,6,10,13H,1-2,5,12H2. The van der Waals surface area contributed by atoms with E-state index in [2.05, 4.69) is 5.43 Å². The fraction of sp³-hybridized carbons (Fsp3) is 0.400. The first kappa shape index (κ1) is 10.5. The zero-order valence-electron chi connectivity index (χ0n) is 8.20. The summed E-state index contributed by atoms with van der Waals surface area (Å²) in [6, 6.07) is 3.35. The number of rotatable bonds is 3. The van der Waals surface area contributed by atoms with Gasteiger partial charge in [0, 0.05) is 0 Å². The number of hydrogen-bond acceptors (Lipinski definition) is 4. The molecule has 0 aliphatic carbocycles. The van der Waals surface area contributed by atoms with Gasteiger partial charge in [0.2, 0.25) is 0 Å². The lowest BCUT2D eigenvalue weighted by atomic mass is 10.0. The molecule has 0 bridgehead atoms. The molecule has 1 aliphatic rings. The van der Waals surface area contributed by atoms with Gasteiger partial charge in [0.25, 0.3) is 0 Å². The van der Waals surface area contributed by atoms with Gasteiger partial charge in [-0.2, -0.15) is 0 Å². The first-order valence-corrected chi connectivity index (χ1v) is 5.21. The summed E-state index contributed by atoms with van der Waals surface area (Å²) in [5.74, 6) is 6.20. The fourth-order valence-electron chi connectivity index (χ4n) is 1.65. The van der Waals surface area contributed by atoms with Crippen LogP contribution in [0.15, 0.2) is 28.4 Å². The maximum Gasteiger partial charge on any atom is 0.193 e. The number of ether oxygens (including phenoxy) is 1. The summed E-state index contributed by atoms with van der Waals surface area (Å²) >= 11 is 5.71. The van der Waals surface area contributed by atoms with E-state index >= 15 is 0 Å². The highest BCUT2D eigenvalue weighted by Crippen LogP contribution is 2.29. The summed E-state index contributed by atoms with van der Waals surface area (Å²) in [5, 5.41) is 0.363. The lowest BCUT2D eigenvalue weighted by molar-refractivity contribution is 0.217. The topological polar surface area (TPSA) is 60.4 Å². The Balaban J connectivity index is 2.19. The van der Waals surface area contributed by atoms with Gasteiger partial charge in [-0.15, -0.1) is 0 Å². The van der Waals surface area contributed by atoms with Gasteiger partial charge < -0.3 is 9.15 Å². The van der Waals surface area contributed by atoms with E-state index < -0.39 is 0 Å². The summed E-state index contributed by atoms with van der Waals surface area (Å²) in [5.41, 5.74) is 3.78. The molecule has 5 heteroatoms. The minimum absolute atomic E-state index is 0.155. The normalized spacial score (nSPS) is 18.1. The van der Waals surface area contributed by atoms with Crippen molar-refractivity contribution in [3.8, 4) is 0 Å². The van der Waals surface area contributed by atoms with Crippen LogP contribution in [0.4, 0.5) is 0 Å². The predicted octanol–water partition coefficient (Wildman–Crippen LogP) is 2.13. The summed E-state index contributed by atoms with van der Waals surface area (Å²) in [6.45, 7) is 0.764. The predicted molar refractivity (Wildman–Crippen MR) is 57.1 cm³/mol. The van der Waals surface area contributed by atoms with Gasteiger partial charge in [0.1, 0.15) is 11.8 Å². The van der Waals surface area contributed by atoms with Crippen LogP contribution in [0.3, 0.4) is 0 Å². The van der Waals surface area contributed by atoms with Crippen molar-refractivity contribution in [2.24, 2.45) is 5.84 Å². The van der Waals surface area contributed by atoms with Crippen molar-refractivity contribution < 1.29 is 9.15 Å². The molecule has 0 saturated carbocycles. The van der Waals surface area contributed by atoms with Crippen molar-refractivity contribution in [1.29, 1.82) is 0 Å². The Hall–Kier alpha value is -0.970. The molecule has 1 aromatic heterocycles. The van der Waals surface area contributed by atoms with Gasteiger partial charge in [-0.25, -0.2) is 5.43 Å². The smallest absolute Gasteiger partial charge is 0.193 e. The van der Waals surface area contributed by atoms with E-state index in [1.807, 2.05) is 6.07 Å². The average Bonchev–Trinajstić information content (AvgIpc) is 2.68. The maximum atomic E-state index is 5.71. The Morgan fingerprint density at radius 2 is 2.33 bits per heavy atom. The van der Waals surface area contributed by atoms with Gasteiger partial charge in [-0.05, 0) is 42.1 Å². The molecule has 0 saturated heterocycles. The van der Waals surface area contributed by atoms with E-state index in [-0.39, 0.29) is 6.04 Å². The molecular weight excluding hydrogens is 216 g/mol. The van der Waals surface area contributed by atoms with Crippen LogP contribution in [-0.2, 0) is 4.74 Å². The van der Waals surface area contributed by atoms with E-state index in [4.69, 9.17) is 26.6 Å². The Morgan fingerprint density at radius 1 is 1.47 bits per heavy atom. The second-order valence-corrected chi connectivity index (χ2v) is 3.78. The third-order valence-corrected chi connectivity index (χ3v) is 2.58. The van der Waals surface area contributed by atoms with Crippen LogP contribution < -0.4 is 11.3 Å². The number of hydrogen-bond donors (Lipinski definition) is 2. The third kappa shape index (κ3) is 2.34. The van der Waals surface area contributed by atoms with Gasteiger partial charge in [0.05, 0.1) is 12.9 Å². The van der Waals surface area contributed by atoms with Crippen molar-refractivity contribution in [2.75, 3.05) is 6.61 Å². The minimum atomic E-state index is -0.155. The second-order valence-electron chi connectivity index (χ2n) is 3.41. The number of nitrogens with two attached hydrogens (primary N) is 1. The van der Waals surface area contributed by atoms with Crippen LogP contribution in [-0.4, -0.2) is 6.61 Å². The largest absolute Gasteiger partial charge is 0.501 e. The number of furan rings is 1. The summed E-state index contributed by atoms with van der Waals surface area (Å²) in [7, 11) is 0. The van der Waals surface area contributed by atoms with E-state index in [1.54, 1.807) is 12.3 Å². The highest BCUT2D eigenvalue weighted by atomic mass is 35.5. The van der Waals surface area contributed by atoms with Crippen molar-refractivity contribution in [2.45, 2.75) is 18.9 Å². The highest BCUT2D eigenvalue weighted by Gasteiger charge is 2.20. The molecule has 1 atom stereocenters. The quantitative estimate of drug-likeness (QED) is 0.615. The molecule has 1 aromatic rings. The molecule has 0 aromatic carbocycles. The molecule has 1 unspecified atom stereocenters. The first-order chi connectivity index (χ1) is 7.31. The van der Waals surface area contributed by atoms with Crippen molar-refractivity contribution in [1.82, 2.24) is 5.43 Å². The Bertz CT molecular complexity index is 362. The van der Waals surface area contributed by atoms with Gasteiger partial charge in [-0.1, -0.05) is 0 Å². The summed E-state index contributed by atoms with van der Waals surface area (Å²) < 4.78 is 10.6. The number of halogens is 1. The summed E-state index contributed by atoms with van der Waals surface area (Å²) in [6.07, 6.45) is 3.69. The van der Waals surface area contributed by atoms with Crippen LogP contribution in [0, 0.1) is 0 Å². The van der Waals surface area contributed by atoms with Crippen molar-refractivity contribution in [3.05, 3.63) is 34.9 Å². The molecule has 0 fully saturated rings. The maximum absolute atomic E-state index is 5.71. The Morgan fingerprint density at radius 3 is 2.87 bits per heavy atom. The molecule has 2 rings (SSSR count). The zero-order chi connectivity index (χ0) is 10.7. The Labute approximate surface area is 93.0 Å². The highest BCUT2D eigenvalue weighted by molar-refractivity contribution is 6.28. The molecule has 0 amide bonds. The van der Waals surface area contributed by atoms with E-state index in [0.29, 0.717) is 11.0 Å². The first-order valence-electron chi connectivity index (χ1n) is 4.83. The lowest BCUT2D eigenvalue weighted by Crippen LogP contribution is -2.30. The van der Waals surface area contributed by atoms with Crippen LogP contribution >= 0.6 is 11.6 Å². The van der Waals surface area contributed by atoms with Gasteiger partial charge in [0.15, 0.2) is 5.22 Å². The monoisotopic (exact) mass is 228 g/mol. The van der Waals surface area contributed by atoms with Crippen molar-refractivity contribution in [3.63, 3.8) is 0 Å². The van der Waals surface area contributed by atoms with Crippen LogP contribution in [0.1, 0.15) is 24.6 Å². The van der Waals surface area contributed by atoms with Gasteiger partial charge >= 0.3 is 0 Å². The molecule has 2 heterocycles. The number of nitrogens with one attached hydrogen (secondary N) is 1. The van der Waals surface area contributed by atoms with Gasteiger partial charge in [-0.3, -0.25) is 5.84 Å². The summed E-state index contributed by atoms with van der Waals surface area (Å²) in [4.78, 5) is 0. The fourth-order valence-corrected chi connectivity index (χ4v) is 1.80. The van der Waals surface area contributed by atoms with Crippen molar-refractivity contribution >= 4 is 11.6 Å². The third-order valence-electron chi connectivity index (χ3n) is 2.38. The van der Waals surface area contributed by atoms with E-state index in [9.17, 15) is 0 Å². The van der Waals surface area contributed by atoms with Crippen LogP contribution in [0.5, 0.6) is 0 Å². The molecule has 4 nitrogen and oxygen atoms in total. The zero-order valence-corrected chi connectivity index (χ0v) is 8.96. The SMILES string of the molecule is NNC(C1=COCCC1)c1ccc(Cl)o1. The molecule has 0 radical (unpaired) electrons. The average molecular weight is 229 g/mol. The molecule has 1 aliphatic heterocycles. The molecule has 15 heavy (non-hydrogen) atoms. The van der Waals surface area contributed by atoms with Crippen LogP contribution in [0.2, 0.25) is 5.22 Å². The number of hydrazine groups is 1. The lowest BCUT2D eigenvalue weighted by Gasteiger charge is -2.20. The van der Waals surface area contributed by atoms with E-state index in [1.165, 1.54) is 0 Å². The Kier molecular flexibility index (Phi) is 3.30. The minimum Gasteiger partial charge on any atom is -0.501 e. The molecular formula is C10H13ClN2O2. The molecule has 82 valence electrons. The molecule has 3 N–H and O–H groups in total. The van der Waals surface area contributed by atoms with E-state index in [0.717, 1.165) is 25.0 Å². The molecule has 0 spiro atoms. The second kappa shape index (κ2) is 4.70.